The fourth-order valence-electron chi connectivity index (χ4n) is 20.9. The maximum atomic E-state index is 2.86. The highest BCUT2D eigenvalue weighted by Crippen LogP contribution is 2.58. The maximum Gasteiger partial charge on any atom is 0.252 e. The molecule has 0 radical (unpaired) electrons. The molecular formula is C130H155BN4. The maximum absolute atomic E-state index is 2.86. The molecule has 17 rings (SSSR count). The van der Waals surface area contributed by atoms with Crippen LogP contribution < -0.4 is 26.2 Å². The first-order valence-electron chi connectivity index (χ1n) is 50.3. The fourth-order valence-corrected chi connectivity index (χ4v) is 20.9. The van der Waals surface area contributed by atoms with E-state index >= 15 is 0 Å². The van der Waals surface area contributed by atoms with Crippen LogP contribution in [0.5, 0.6) is 0 Å². The Labute approximate surface area is 813 Å². The number of aromatic nitrogens is 2. The average Bonchev–Trinajstić information content (AvgIpc) is 0.692. The molecule has 0 unspecified atom stereocenters. The highest BCUT2D eigenvalue weighted by atomic mass is 15.2. The zero-order valence-corrected chi connectivity index (χ0v) is 89.8. The quantitative estimate of drug-likeness (QED) is 0.141. The van der Waals surface area contributed by atoms with Crippen molar-refractivity contribution in [2.45, 2.75) is 340 Å². The molecular weight excluding hydrogens is 1630 g/mol. The molecule has 2 aromatic heterocycles. The van der Waals surface area contributed by atoms with Crippen LogP contribution >= 0.6 is 0 Å². The summed E-state index contributed by atoms with van der Waals surface area (Å²) in [5.41, 5.74) is 41.8. The summed E-state index contributed by atoms with van der Waals surface area (Å²) < 4.78 is 5.24. The van der Waals surface area contributed by atoms with E-state index in [4.69, 9.17) is 0 Å². The molecule has 0 amide bonds. The minimum Gasteiger partial charge on any atom is -0.310 e. The third-order valence-electron chi connectivity index (χ3n) is 29.9. The van der Waals surface area contributed by atoms with E-state index in [1.165, 1.54) is 188 Å². The fraction of sp³-hybridized carbons (Fsp3) is 0.400. The van der Waals surface area contributed by atoms with Crippen molar-refractivity contribution in [3.05, 3.63) is 303 Å². The van der Waals surface area contributed by atoms with Gasteiger partial charge in [-0.05, 0) is 291 Å². The second kappa shape index (κ2) is 31.8. The van der Waals surface area contributed by atoms with Gasteiger partial charge < -0.3 is 18.9 Å². The van der Waals surface area contributed by atoms with E-state index in [1.807, 2.05) is 0 Å². The Morgan fingerprint density at radius 2 is 0.430 bits per heavy atom. The monoisotopic (exact) mass is 1780 g/mol. The van der Waals surface area contributed by atoms with Crippen LogP contribution in [0.4, 0.5) is 34.1 Å². The summed E-state index contributed by atoms with van der Waals surface area (Å²) in [6.07, 6.45) is 0. The Morgan fingerprint density at radius 1 is 0.178 bits per heavy atom. The summed E-state index contributed by atoms with van der Waals surface area (Å²) in [7, 11) is 0. The summed E-state index contributed by atoms with van der Waals surface area (Å²) >= 11 is 0. The summed E-state index contributed by atoms with van der Waals surface area (Å²) in [4.78, 5) is 5.72. The van der Waals surface area contributed by atoms with E-state index in [2.05, 4.69) is 519 Å². The average molecular weight is 1780 g/mol. The Kier molecular flexibility index (Phi) is 22.6. The lowest BCUT2D eigenvalue weighted by Crippen LogP contribution is -2.61. The number of fused-ring (bicyclic) bond motifs is 10. The van der Waals surface area contributed by atoms with Crippen molar-refractivity contribution in [1.82, 2.24) is 9.13 Å². The van der Waals surface area contributed by atoms with Gasteiger partial charge in [0.05, 0.1) is 33.4 Å². The molecule has 0 atom stereocenters. The van der Waals surface area contributed by atoms with Crippen LogP contribution in [0.25, 0.3) is 99.5 Å². The van der Waals surface area contributed by atoms with E-state index in [0.717, 1.165) is 34.1 Å². The number of hydrogen-bond donors (Lipinski definition) is 0. The summed E-state index contributed by atoms with van der Waals surface area (Å²) in [6, 6.07) is 95.5. The van der Waals surface area contributed by atoms with Crippen molar-refractivity contribution in [2.24, 2.45) is 0 Å². The minimum atomic E-state index is -0.414. The third kappa shape index (κ3) is 17.4. The predicted octanol–water partition coefficient (Wildman–Crippen LogP) is 35.5. The van der Waals surface area contributed by atoms with Gasteiger partial charge in [-0.1, -0.05) is 391 Å². The molecule has 0 bridgehead atoms. The Morgan fingerprint density at radius 3 is 0.733 bits per heavy atom. The molecule has 135 heavy (non-hydrogen) atoms. The second-order valence-electron chi connectivity index (χ2n) is 53.9. The van der Waals surface area contributed by atoms with Crippen molar-refractivity contribution in [1.29, 1.82) is 0 Å². The molecule has 0 fully saturated rings. The highest BCUT2D eigenvalue weighted by Gasteiger charge is 2.48. The normalized spacial score (nSPS) is 14.1. The van der Waals surface area contributed by atoms with Gasteiger partial charge in [0, 0.05) is 77.9 Å². The first-order valence-corrected chi connectivity index (χ1v) is 50.3. The van der Waals surface area contributed by atoms with Gasteiger partial charge in [0.15, 0.2) is 0 Å². The highest BCUT2D eigenvalue weighted by molar-refractivity contribution is 7.00. The number of anilines is 6. The molecule has 0 N–H and O–H groups in total. The largest absolute Gasteiger partial charge is 0.310 e. The molecule has 0 spiro atoms. The van der Waals surface area contributed by atoms with E-state index in [9.17, 15) is 0 Å². The minimum absolute atomic E-state index is 0.0917. The molecule has 5 heteroatoms. The number of hydrogen-bond acceptors (Lipinski definition) is 2. The zero-order valence-electron chi connectivity index (χ0n) is 89.8. The molecule has 698 valence electrons. The van der Waals surface area contributed by atoms with Gasteiger partial charge >= 0.3 is 0 Å². The van der Waals surface area contributed by atoms with E-state index in [-0.39, 0.29) is 71.7 Å². The van der Waals surface area contributed by atoms with Crippen LogP contribution in [0, 0.1) is 0 Å². The smallest absolute Gasteiger partial charge is 0.252 e. The molecule has 0 saturated heterocycles. The van der Waals surface area contributed by atoms with Crippen LogP contribution in [-0.4, -0.2) is 15.8 Å². The number of benzene rings is 13. The van der Waals surface area contributed by atoms with Crippen LogP contribution in [0.2, 0.25) is 0 Å². The van der Waals surface area contributed by atoms with Crippen molar-refractivity contribution >= 4 is 101 Å². The molecule has 4 nitrogen and oxygen atoms in total. The van der Waals surface area contributed by atoms with Gasteiger partial charge in [-0.2, -0.15) is 0 Å². The van der Waals surface area contributed by atoms with E-state index in [1.54, 1.807) is 0 Å². The van der Waals surface area contributed by atoms with Gasteiger partial charge in [-0.25, -0.2) is 0 Å². The lowest BCUT2D eigenvalue weighted by atomic mass is 9.33. The van der Waals surface area contributed by atoms with Crippen LogP contribution in [0.3, 0.4) is 0 Å². The molecule has 13 aromatic carbocycles. The zero-order chi connectivity index (χ0) is 98.4. The van der Waals surface area contributed by atoms with E-state index < -0.39 is 5.41 Å². The van der Waals surface area contributed by atoms with Crippen LogP contribution in [0.15, 0.2) is 231 Å². The first-order chi connectivity index (χ1) is 62.1. The first kappa shape index (κ1) is 95.8. The Bertz CT molecular complexity index is 7090. The molecule has 2 aliphatic rings. The van der Waals surface area contributed by atoms with Gasteiger partial charge in [0.2, 0.25) is 0 Å². The lowest BCUT2D eigenvalue weighted by Gasteiger charge is -2.47. The van der Waals surface area contributed by atoms with Crippen molar-refractivity contribution < 1.29 is 0 Å². The number of nitrogens with zero attached hydrogens (tertiary/aromatic N) is 4. The molecule has 0 saturated carbocycles. The SMILES string of the molecule is CC(C)(C)c1ccc(-c2cc(C(C)(C)C)cc(-c3cc(C(C)(C)C)cc(C(C)(C)C)c3)c2N2c3cc(-n4c5ccc(C(C)(C)C)cc5c5cc(C(C)(C)C)ccc54)ccc3B3c4ccc(-n5c6ccc(C(C)(C)C)cc6c6cc(C(C)(C)C)ccc65)cc4N(c4c(-c5ccc(C(C)(C)C)cc5)cc(C(C)(C)C)cc4-c4cc(C(C)(C)C)ccc4C(C)(C)C)c4cc(C(C)(C)C)cc2c43)cc1. The summed E-state index contributed by atoms with van der Waals surface area (Å²) in [5, 5.41) is 5.06. The third-order valence-corrected chi connectivity index (χ3v) is 29.9. The molecule has 15 aromatic rings. The van der Waals surface area contributed by atoms with Crippen LogP contribution in [-0.2, 0) is 70.4 Å². The Balaban J connectivity index is 1.13. The molecule has 2 aliphatic heterocycles. The predicted molar refractivity (Wildman–Crippen MR) is 594 cm³/mol. The molecule has 4 heterocycles. The van der Waals surface area contributed by atoms with E-state index in [0.29, 0.717) is 0 Å². The summed E-state index contributed by atoms with van der Waals surface area (Å²) in [5.74, 6) is 0. The topological polar surface area (TPSA) is 16.3 Å². The van der Waals surface area contributed by atoms with Gasteiger partial charge in [0.1, 0.15) is 0 Å². The van der Waals surface area contributed by atoms with Crippen molar-refractivity contribution in [2.75, 3.05) is 9.80 Å². The Hall–Kier alpha value is -10.9. The second-order valence-corrected chi connectivity index (χ2v) is 53.9. The van der Waals surface area contributed by atoms with Gasteiger partial charge in [0.25, 0.3) is 6.71 Å². The molecule has 0 aliphatic carbocycles. The summed E-state index contributed by atoms with van der Waals surface area (Å²) in [6.45, 7) is 93.0. The van der Waals surface area contributed by atoms with Gasteiger partial charge in [-0.3, -0.25) is 0 Å². The van der Waals surface area contributed by atoms with Gasteiger partial charge in [-0.15, -0.1) is 0 Å². The van der Waals surface area contributed by atoms with Crippen LogP contribution in [0.1, 0.15) is 342 Å². The number of rotatable bonds is 8. The lowest BCUT2D eigenvalue weighted by molar-refractivity contribution is 0.569. The van der Waals surface area contributed by atoms with Crippen molar-refractivity contribution in [3.63, 3.8) is 0 Å². The standard InChI is InChI=1S/C130H155BN4/c1-118(2,3)81-44-40-78(41-45-81)95-70-90(127(28,29)30)72-97(80-62-88(125(22,23)24)64-89(63-80)126(25,26)27)116(95)134-111-76-93(132-107-58-49-84(121(10,11)12)66-99(107)100-67-85(122(13,14)15)50-59-108(100)132)53-56-105(111)131-106-57-54-94(133-109-60-51-86(123(16,17)18)68-101(109)102-69-87(124(19,20)21)52-61-110(102)133)77-112(106)135(114-75-92(129(34,35)36)74-113(134)115(114)131)117-96(79-42-46-82(47-43-79)119(4,5)6)71-91(128(31,32)33)73-103(117)98-65-83(120(7,8)9)48-55-104(98)130(37,38)39/h40-77H,1-39H3. The van der Waals surface area contributed by atoms with Crippen molar-refractivity contribution in [3.8, 4) is 55.9 Å².